The van der Waals surface area contributed by atoms with Gasteiger partial charge in [0.15, 0.2) is 0 Å². The van der Waals surface area contributed by atoms with E-state index in [9.17, 15) is 26.3 Å². The number of aromatic nitrogens is 2. The fourth-order valence-electron chi connectivity index (χ4n) is 3.19. The third-order valence-electron chi connectivity index (χ3n) is 4.88. The molecule has 0 aromatic carbocycles. The summed E-state index contributed by atoms with van der Waals surface area (Å²) in [7, 11) is 0. The van der Waals surface area contributed by atoms with Crippen LogP contribution in [0.5, 0.6) is 0 Å². The molecule has 2 N–H and O–H groups in total. The van der Waals surface area contributed by atoms with Gasteiger partial charge in [-0.05, 0) is 52.2 Å². The highest BCUT2D eigenvalue weighted by Crippen LogP contribution is 2.19. The smallest absolute Gasteiger partial charge is 0.475 e. The molecular formula is C23H23F6N3O5S. The lowest BCUT2D eigenvalue weighted by Crippen LogP contribution is -2.32. The number of aliphatic carboxylic acids is 2. The normalized spacial score (nSPS) is 15.7. The first-order valence-corrected chi connectivity index (χ1v) is 11.7. The van der Waals surface area contributed by atoms with Crippen molar-refractivity contribution in [1.29, 1.82) is 0 Å². The Balaban J connectivity index is 0.000000301. The van der Waals surface area contributed by atoms with Crippen LogP contribution in [-0.2, 0) is 40.6 Å². The second kappa shape index (κ2) is 13.9. The molecule has 8 nitrogen and oxygen atoms in total. The number of carboxylic acid groups (broad SMARTS) is 2. The monoisotopic (exact) mass is 567 g/mol. The van der Waals surface area contributed by atoms with Crippen molar-refractivity contribution in [3.63, 3.8) is 0 Å². The third kappa shape index (κ3) is 10.9. The Bertz CT molecular complexity index is 1110. The van der Waals surface area contributed by atoms with Gasteiger partial charge in [-0.1, -0.05) is 0 Å². The van der Waals surface area contributed by atoms with Gasteiger partial charge in [0.05, 0.1) is 12.7 Å². The van der Waals surface area contributed by atoms with Crippen molar-refractivity contribution in [3.8, 4) is 0 Å². The number of ether oxygens (including phenoxy) is 1. The van der Waals surface area contributed by atoms with Gasteiger partial charge in [-0.25, -0.2) is 9.59 Å². The van der Waals surface area contributed by atoms with Gasteiger partial charge in [-0.15, -0.1) is 0 Å². The van der Waals surface area contributed by atoms with Crippen molar-refractivity contribution in [2.45, 2.75) is 44.7 Å². The SMILES string of the molecule is O=C(O)C(F)(F)F.O=C(O)C(F)(F)F.c1cc2n(c1)CC(OCc1ccncc1)CN(Cc1ccsc1)C2. The summed E-state index contributed by atoms with van der Waals surface area (Å²) in [6.07, 6.45) is -4.19. The molecule has 0 bridgehead atoms. The Morgan fingerprint density at radius 3 is 2.11 bits per heavy atom. The Labute approximate surface area is 216 Å². The maximum atomic E-state index is 10.6. The molecule has 0 radical (unpaired) electrons. The van der Waals surface area contributed by atoms with Gasteiger partial charge in [-0.3, -0.25) is 9.88 Å². The van der Waals surface area contributed by atoms with Gasteiger partial charge in [0.2, 0.25) is 0 Å². The lowest BCUT2D eigenvalue weighted by Gasteiger charge is -2.24. The molecule has 4 heterocycles. The molecule has 3 aromatic rings. The van der Waals surface area contributed by atoms with E-state index in [0.717, 1.165) is 26.2 Å². The van der Waals surface area contributed by atoms with Crippen LogP contribution in [0.25, 0.3) is 0 Å². The number of nitrogens with zero attached hydrogens (tertiary/aromatic N) is 3. The van der Waals surface area contributed by atoms with Crippen LogP contribution in [0.3, 0.4) is 0 Å². The first kappa shape index (κ1) is 30.8. The lowest BCUT2D eigenvalue weighted by atomic mass is 10.2. The van der Waals surface area contributed by atoms with Crippen molar-refractivity contribution in [1.82, 2.24) is 14.5 Å². The summed E-state index contributed by atoms with van der Waals surface area (Å²) in [4.78, 5) is 24.3. The molecule has 4 rings (SSSR count). The number of halogens is 6. The van der Waals surface area contributed by atoms with Gasteiger partial charge in [0.25, 0.3) is 0 Å². The summed E-state index contributed by atoms with van der Waals surface area (Å²) in [6, 6.07) is 10.6. The van der Waals surface area contributed by atoms with E-state index in [1.54, 1.807) is 11.3 Å². The summed E-state index contributed by atoms with van der Waals surface area (Å²) < 4.78 is 72.0. The van der Waals surface area contributed by atoms with E-state index in [1.807, 2.05) is 24.5 Å². The fraction of sp³-hybridized carbons (Fsp3) is 0.348. The van der Waals surface area contributed by atoms with Crippen molar-refractivity contribution in [2.75, 3.05) is 6.54 Å². The minimum absolute atomic E-state index is 0.186. The molecule has 0 saturated heterocycles. The second-order valence-corrected chi connectivity index (χ2v) is 8.63. The highest BCUT2D eigenvalue weighted by Gasteiger charge is 2.38. The first-order valence-electron chi connectivity index (χ1n) is 10.7. The average molecular weight is 568 g/mol. The summed E-state index contributed by atoms with van der Waals surface area (Å²) in [5.41, 5.74) is 3.92. The van der Waals surface area contributed by atoms with Gasteiger partial charge in [0, 0.05) is 50.5 Å². The maximum absolute atomic E-state index is 10.6. The standard InChI is InChI=1S/C19H21N3OS.2C2HF3O2/c1-2-18-11-21(10-17-5-9-24-15-17)12-19(13-22(18)8-1)23-14-16-3-6-20-7-4-16;2*3-2(4,5)1(6)7/h1-9,15,19H,10-14H2;2*(H,6,7). The molecule has 208 valence electrons. The van der Waals surface area contributed by atoms with E-state index in [0.29, 0.717) is 6.61 Å². The summed E-state index contributed by atoms with van der Waals surface area (Å²) in [5.74, 6) is -5.51. The summed E-state index contributed by atoms with van der Waals surface area (Å²) >= 11 is 1.76. The Morgan fingerprint density at radius 2 is 1.58 bits per heavy atom. The highest BCUT2D eigenvalue weighted by molar-refractivity contribution is 7.07. The van der Waals surface area contributed by atoms with Crippen molar-refractivity contribution >= 4 is 23.3 Å². The summed E-state index contributed by atoms with van der Waals surface area (Å²) in [6.45, 7) is 4.44. The number of hydrogen-bond acceptors (Lipinski definition) is 6. The van der Waals surface area contributed by atoms with Crippen LogP contribution in [0, 0.1) is 0 Å². The lowest BCUT2D eigenvalue weighted by molar-refractivity contribution is -0.193. The third-order valence-corrected chi connectivity index (χ3v) is 5.61. The molecule has 1 unspecified atom stereocenters. The molecule has 1 atom stereocenters. The predicted molar refractivity (Wildman–Crippen MR) is 123 cm³/mol. The zero-order chi connectivity index (χ0) is 28.3. The number of carboxylic acids is 2. The van der Waals surface area contributed by atoms with E-state index in [1.165, 1.54) is 16.8 Å². The van der Waals surface area contributed by atoms with Crippen LogP contribution in [0.15, 0.2) is 59.7 Å². The minimum Gasteiger partial charge on any atom is -0.475 e. The first-order chi connectivity index (χ1) is 17.8. The summed E-state index contributed by atoms with van der Waals surface area (Å²) in [5, 5.41) is 18.6. The zero-order valence-electron chi connectivity index (χ0n) is 19.5. The van der Waals surface area contributed by atoms with Crippen molar-refractivity contribution in [3.05, 3.63) is 76.5 Å². The Kier molecular flexibility index (Phi) is 11.3. The molecular weight excluding hydrogens is 544 g/mol. The van der Waals surface area contributed by atoms with Crippen LogP contribution >= 0.6 is 11.3 Å². The number of carbonyl (C=O) groups is 2. The molecule has 1 aliphatic heterocycles. The molecule has 15 heteroatoms. The van der Waals surface area contributed by atoms with E-state index in [-0.39, 0.29) is 6.10 Å². The molecule has 0 amide bonds. The van der Waals surface area contributed by atoms with Crippen molar-refractivity contribution < 1.29 is 50.9 Å². The Morgan fingerprint density at radius 1 is 0.974 bits per heavy atom. The maximum Gasteiger partial charge on any atom is 0.490 e. The van der Waals surface area contributed by atoms with Gasteiger partial charge >= 0.3 is 24.3 Å². The molecule has 3 aromatic heterocycles. The number of hydrogen-bond donors (Lipinski definition) is 2. The van der Waals surface area contributed by atoms with E-state index in [4.69, 9.17) is 24.5 Å². The highest BCUT2D eigenvalue weighted by atomic mass is 32.1. The molecule has 0 saturated carbocycles. The van der Waals surface area contributed by atoms with Gasteiger partial charge in [0.1, 0.15) is 0 Å². The van der Waals surface area contributed by atoms with Crippen molar-refractivity contribution in [2.24, 2.45) is 0 Å². The largest absolute Gasteiger partial charge is 0.490 e. The molecule has 1 aliphatic rings. The van der Waals surface area contributed by atoms with Crippen LogP contribution in [0.2, 0.25) is 0 Å². The predicted octanol–water partition coefficient (Wildman–Crippen LogP) is 4.81. The second-order valence-electron chi connectivity index (χ2n) is 7.85. The number of alkyl halides is 6. The zero-order valence-corrected chi connectivity index (χ0v) is 20.3. The number of pyridine rings is 1. The topological polar surface area (TPSA) is 105 Å². The number of rotatable bonds is 5. The minimum atomic E-state index is -5.08. The van der Waals surface area contributed by atoms with Gasteiger partial charge < -0.3 is 19.5 Å². The Hall–Kier alpha value is -3.43. The van der Waals surface area contributed by atoms with Gasteiger partial charge in [-0.2, -0.15) is 37.7 Å². The van der Waals surface area contributed by atoms with Crippen LogP contribution in [0.1, 0.15) is 16.8 Å². The molecule has 38 heavy (non-hydrogen) atoms. The van der Waals surface area contributed by atoms with E-state index < -0.39 is 24.3 Å². The van der Waals surface area contributed by atoms with Crippen LogP contribution < -0.4 is 0 Å². The molecule has 0 aliphatic carbocycles. The van der Waals surface area contributed by atoms with E-state index in [2.05, 4.69) is 49.6 Å². The van der Waals surface area contributed by atoms with E-state index >= 15 is 0 Å². The van der Waals surface area contributed by atoms with Crippen LogP contribution in [0.4, 0.5) is 26.3 Å². The fourth-order valence-corrected chi connectivity index (χ4v) is 3.85. The molecule has 0 fully saturated rings. The van der Waals surface area contributed by atoms with Crippen LogP contribution in [-0.4, -0.2) is 61.6 Å². The number of fused-ring (bicyclic) bond motifs is 1. The number of thiophene rings is 1. The molecule has 0 spiro atoms. The average Bonchev–Trinajstić information content (AvgIpc) is 3.47. The quantitative estimate of drug-likeness (QED) is 0.427.